The van der Waals surface area contributed by atoms with Gasteiger partial charge in [0.1, 0.15) is 18.1 Å². The molecule has 6 heteroatoms. The van der Waals surface area contributed by atoms with Gasteiger partial charge in [0.25, 0.3) is 0 Å². The fraction of sp³-hybridized carbons (Fsp3) is 0.480. The molecule has 3 rings (SSSR count). The van der Waals surface area contributed by atoms with Crippen LogP contribution in [0.4, 0.5) is 11.4 Å². The van der Waals surface area contributed by atoms with E-state index in [2.05, 4.69) is 17.6 Å². The Hall–Kier alpha value is -2.73. The third-order valence-electron chi connectivity index (χ3n) is 5.15. The average molecular weight is 427 g/mol. The topological polar surface area (TPSA) is 68.8 Å². The lowest BCUT2D eigenvalue weighted by molar-refractivity contribution is -0.114. The summed E-state index contributed by atoms with van der Waals surface area (Å²) in [6.45, 7) is 4.48. The molecule has 0 aromatic heterocycles. The van der Waals surface area contributed by atoms with Gasteiger partial charge in [0.15, 0.2) is 0 Å². The Bertz CT molecular complexity index is 788. The van der Waals surface area contributed by atoms with Crippen LogP contribution in [0.1, 0.15) is 45.4 Å². The number of hydrogen-bond donors (Lipinski definition) is 2. The first-order chi connectivity index (χ1) is 15.2. The maximum Gasteiger partial charge on any atom is 0.243 e. The molecule has 1 heterocycles. The Morgan fingerprint density at radius 1 is 1.03 bits per heavy atom. The second-order valence-electron chi connectivity index (χ2n) is 7.81. The van der Waals surface area contributed by atoms with Crippen molar-refractivity contribution in [3.63, 3.8) is 0 Å². The summed E-state index contributed by atoms with van der Waals surface area (Å²) >= 11 is 0. The van der Waals surface area contributed by atoms with Crippen LogP contribution in [0.25, 0.3) is 0 Å². The van der Waals surface area contributed by atoms with Gasteiger partial charge >= 0.3 is 0 Å². The van der Waals surface area contributed by atoms with Crippen molar-refractivity contribution < 1.29 is 19.0 Å². The summed E-state index contributed by atoms with van der Waals surface area (Å²) in [5, 5.41) is 6.04. The van der Waals surface area contributed by atoms with Gasteiger partial charge in [0.2, 0.25) is 5.91 Å². The first-order valence-corrected chi connectivity index (χ1v) is 11.3. The molecule has 2 aromatic carbocycles. The molecule has 0 aliphatic carbocycles. The van der Waals surface area contributed by atoms with Crippen LogP contribution < -0.4 is 20.1 Å². The molecule has 168 valence electrons. The summed E-state index contributed by atoms with van der Waals surface area (Å²) < 4.78 is 17.1. The van der Waals surface area contributed by atoms with E-state index in [1.807, 2.05) is 48.5 Å². The van der Waals surface area contributed by atoms with Gasteiger partial charge in [-0.05, 0) is 55.7 Å². The second-order valence-corrected chi connectivity index (χ2v) is 7.81. The number of unbranched alkanes of at least 4 members (excludes halogenated alkanes) is 3. The lowest BCUT2D eigenvalue weighted by atomic mass is 10.2. The van der Waals surface area contributed by atoms with Gasteiger partial charge in [0.05, 0.1) is 19.3 Å². The molecule has 6 nitrogen and oxygen atoms in total. The van der Waals surface area contributed by atoms with Crippen LogP contribution in [0.2, 0.25) is 0 Å². The number of rotatable bonds is 13. The quantitative estimate of drug-likeness (QED) is 0.428. The molecule has 1 aliphatic heterocycles. The minimum atomic E-state index is -0.112. The Morgan fingerprint density at radius 3 is 2.68 bits per heavy atom. The first-order valence-electron chi connectivity index (χ1n) is 11.3. The summed E-state index contributed by atoms with van der Waals surface area (Å²) in [6.07, 6.45) is 7.05. The first kappa shape index (κ1) is 22.9. The normalized spacial score (nSPS) is 15.5. The predicted molar refractivity (Wildman–Crippen MR) is 124 cm³/mol. The number of anilines is 2. The van der Waals surface area contributed by atoms with Crippen LogP contribution in [-0.2, 0) is 9.53 Å². The number of carbonyl (C=O) groups excluding carboxylic acids is 1. The zero-order valence-electron chi connectivity index (χ0n) is 18.4. The number of hydrogen-bond acceptors (Lipinski definition) is 5. The van der Waals surface area contributed by atoms with Gasteiger partial charge in [-0.2, -0.15) is 0 Å². The highest BCUT2D eigenvalue weighted by molar-refractivity contribution is 5.93. The van der Waals surface area contributed by atoms with Crippen molar-refractivity contribution >= 4 is 17.3 Å². The SMILES string of the molecule is CCCCCCOc1cccc(NCC(=O)Nc2ccc(OCC3CCCO3)cc2)c1. The molecule has 1 atom stereocenters. The summed E-state index contributed by atoms with van der Waals surface area (Å²) in [5.41, 5.74) is 1.60. The standard InChI is InChI=1S/C25H34N2O4/c1-2-3-4-5-15-29-23-9-6-8-21(17-23)26-18-25(28)27-20-11-13-22(14-12-20)31-19-24-10-7-16-30-24/h6,8-9,11-14,17,24,26H,2-5,7,10,15-16,18-19H2,1H3,(H,27,28). The minimum Gasteiger partial charge on any atom is -0.494 e. The summed E-state index contributed by atoms with van der Waals surface area (Å²) in [6, 6.07) is 15.1. The van der Waals surface area contributed by atoms with Crippen molar-refractivity contribution in [3.8, 4) is 11.5 Å². The van der Waals surface area contributed by atoms with Crippen molar-refractivity contribution in [1.82, 2.24) is 0 Å². The van der Waals surface area contributed by atoms with E-state index in [9.17, 15) is 4.79 Å². The summed E-state index contributed by atoms with van der Waals surface area (Å²) in [7, 11) is 0. The maximum absolute atomic E-state index is 12.3. The Morgan fingerprint density at radius 2 is 1.90 bits per heavy atom. The molecular formula is C25H34N2O4. The van der Waals surface area contributed by atoms with E-state index < -0.39 is 0 Å². The van der Waals surface area contributed by atoms with Gasteiger partial charge in [-0.1, -0.05) is 32.3 Å². The van der Waals surface area contributed by atoms with Gasteiger partial charge in [0, 0.05) is 24.0 Å². The molecule has 1 fully saturated rings. The van der Waals surface area contributed by atoms with Gasteiger partial charge < -0.3 is 24.8 Å². The lowest BCUT2D eigenvalue weighted by Crippen LogP contribution is -2.21. The van der Waals surface area contributed by atoms with Crippen molar-refractivity contribution in [2.45, 2.75) is 51.6 Å². The zero-order valence-corrected chi connectivity index (χ0v) is 18.4. The number of nitrogens with one attached hydrogen (secondary N) is 2. The molecule has 2 N–H and O–H groups in total. The van der Waals surface area contributed by atoms with Crippen molar-refractivity contribution in [1.29, 1.82) is 0 Å². The molecule has 0 spiro atoms. The molecule has 0 bridgehead atoms. The number of carbonyl (C=O) groups is 1. The van der Waals surface area contributed by atoms with E-state index in [1.54, 1.807) is 0 Å². The monoisotopic (exact) mass is 426 g/mol. The highest BCUT2D eigenvalue weighted by Gasteiger charge is 2.15. The van der Waals surface area contributed by atoms with E-state index in [0.29, 0.717) is 6.61 Å². The number of amides is 1. The molecule has 0 radical (unpaired) electrons. The third kappa shape index (κ3) is 8.50. The van der Waals surface area contributed by atoms with Crippen molar-refractivity contribution in [3.05, 3.63) is 48.5 Å². The minimum absolute atomic E-state index is 0.112. The Kier molecular flexibility index (Phi) is 9.51. The smallest absolute Gasteiger partial charge is 0.243 e. The maximum atomic E-state index is 12.3. The largest absolute Gasteiger partial charge is 0.494 e. The third-order valence-corrected chi connectivity index (χ3v) is 5.15. The fourth-order valence-corrected chi connectivity index (χ4v) is 3.40. The van der Waals surface area contributed by atoms with E-state index in [4.69, 9.17) is 14.2 Å². The molecule has 1 aliphatic rings. The predicted octanol–water partition coefficient (Wildman–Crippen LogP) is 5.25. The highest BCUT2D eigenvalue weighted by atomic mass is 16.5. The summed E-state index contributed by atoms with van der Waals surface area (Å²) in [4.78, 5) is 12.3. The van der Waals surface area contributed by atoms with Crippen LogP contribution in [-0.4, -0.2) is 38.4 Å². The van der Waals surface area contributed by atoms with E-state index in [-0.39, 0.29) is 18.6 Å². The molecule has 1 amide bonds. The average Bonchev–Trinajstić information content (AvgIpc) is 3.31. The molecule has 1 unspecified atom stereocenters. The molecule has 0 saturated carbocycles. The number of ether oxygens (including phenoxy) is 3. The van der Waals surface area contributed by atoms with E-state index in [1.165, 1.54) is 19.3 Å². The van der Waals surface area contributed by atoms with Crippen LogP contribution >= 0.6 is 0 Å². The van der Waals surface area contributed by atoms with Gasteiger partial charge in [-0.3, -0.25) is 4.79 Å². The zero-order chi connectivity index (χ0) is 21.7. The Balaban J connectivity index is 1.37. The van der Waals surface area contributed by atoms with E-state index >= 15 is 0 Å². The van der Waals surface area contributed by atoms with Gasteiger partial charge in [-0.25, -0.2) is 0 Å². The molecule has 31 heavy (non-hydrogen) atoms. The molecular weight excluding hydrogens is 392 g/mol. The number of benzene rings is 2. The van der Waals surface area contributed by atoms with Crippen LogP contribution in [0.5, 0.6) is 11.5 Å². The Labute approximate surface area is 185 Å². The van der Waals surface area contributed by atoms with Crippen molar-refractivity contribution in [2.24, 2.45) is 0 Å². The van der Waals surface area contributed by atoms with Crippen LogP contribution in [0, 0.1) is 0 Å². The molecule has 2 aromatic rings. The van der Waals surface area contributed by atoms with E-state index in [0.717, 1.165) is 55.4 Å². The van der Waals surface area contributed by atoms with Crippen molar-refractivity contribution in [2.75, 3.05) is 37.0 Å². The summed E-state index contributed by atoms with van der Waals surface area (Å²) in [5.74, 6) is 1.48. The van der Waals surface area contributed by atoms with Crippen LogP contribution in [0.15, 0.2) is 48.5 Å². The molecule has 1 saturated heterocycles. The fourth-order valence-electron chi connectivity index (χ4n) is 3.40. The lowest BCUT2D eigenvalue weighted by Gasteiger charge is -2.12. The second kappa shape index (κ2) is 12.8. The van der Waals surface area contributed by atoms with Gasteiger partial charge in [-0.15, -0.1) is 0 Å². The highest BCUT2D eigenvalue weighted by Crippen LogP contribution is 2.19. The van der Waals surface area contributed by atoms with Crippen LogP contribution in [0.3, 0.4) is 0 Å².